The second-order valence-corrected chi connectivity index (χ2v) is 7.37. The van der Waals surface area contributed by atoms with Gasteiger partial charge in [-0.15, -0.1) is 0 Å². The lowest BCUT2D eigenvalue weighted by Crippen LogP contribution is -2.46. The molecule has 0 aliphatic carbocycles. The fourth-order valence-electron chi connectivity index (χ4n) is 3.29. The number of alkyl halides is 3. The Bertz CT molecular complexity index is 845. The van der Waals surface area contributed by atoms with Crippen molar-refractivity contribution in [2.75, 3.05) is 61.9 Å². The predicted octanol–water partition coefficient (Wildman–Crippen LogP) is 3.76. The monoisotopic (exact) mass is 408 g/mol. The molecule has 2 heterocycles. The van der Waals surface area contributed by atoms with E-state index >= 15 is 0 Å². The van der Waals surface area contributed by atoms with Crippen LogP contribution in [-0.4, -0.2) is 61.7 Å². The summed E-state index contributed by atoms with van der Waals surface area (Å²) in [5.41, 5.74) is 1.75. The van der Waals surface area contributed by atoms with Crippen LogP contribution in [0.1, 0.15) is 18.2 Å². The van der Waals surface area contributed by atoms with Crippen LogP contribution < -0.4 is 15.1 Å². The minimum Gasteiger partial charge on any atom is -0.369 e. The number of aryl methyl sites for hydroxylation is 1. The number of hydrogen-bond acceptors (Lipinski definition) is 6. The van der Waals surface area contributed by atoms with E-state index in [9.17, 15) is 13.2 Å². The molecule has 1 aliphatic heterocycles. The molecule has 2 aromatic rings. The number of nitrogens with zero attached hydrogens (tertiary/aromatic N) is 5. The van der Waals surface area contributed by atoms with Crippen LogP contribution in [0.25, 0.3) is 0 Å². The molecule has 1 N–H and O–H groups in total. The normalized spacial score (nSPS) is 15.5. The van der Waals surface area contributed by atoms with E-state index in [1.54, 1.807) is 14.1 Å². The van der Waals surface area contributed by atoms with Gasteiger partial charge in [0.15, 0.2) is 5.69 Å². The maximum atomic E-state index is 13.2. The molecule has 6 nitrogen and oxygen atoms in total. The Kier molecular flexibility index (Phi) is 6.16. The van der Waals surface area contributed by atoms with E-state index in [2.05, 4.69) is 32.0 Å². The third kappa shape index (κ3) is 5.09. The fourth-order valence-corrected chi connectivity index (χ4v) is 3.29. The van der Waals surface area contributed by atoms with Crippen LogP contribution in [0.15, 0.2) is 24.3 Å². The van der Waals surface area contributed by atoms with Crippen LogP contribution in [0.4, 0.5) is 36.3 Å². The Morgan fingerprint density at radius 1 is 1.07 bits per heavy atom. The predicted molar refractivity (Wildman–Crippen MR) is 110 cm³/mol. The van der Waals surface area contributed by atoms with Gasteiger partial charge in [-0.05, 0) is 37.2 Å². The molecule has 0 atom stereocenters. The molecular formula is C20H27F3N6. The summed E-state index contributed by atoms with van der Waals surface area (Å²) >= 11 is 0. The highest BCUT2D eigenvalue weighted by atomic mass is 19.4. The lowest BCUT2D eigenvalue weighted by molar-refractivity contribution is -0.141. The number of piperazine rings is 1. The summed E-state index contributed by atoms with van der Waals surface area (Å²) < 4.78 is 39.6. The zero-order valence-electron chi connectivity index (χ0n) is 17.2. The Morgan fingerprint density at radius 2 is 1.76 bits per heavy atom. The second kappa shape index (κ2) is 8.44. The summed E-state index contributed by atoms with van der Waals surface area (Å²) in [5, 5.41) is 2.95. The van der Waals surface area contributed by atoms with Crippen LogP contribution >= 0.6 is 0 Å². The maximum absolute atomic E-state index is 13.2. The van der Waals surface area contributed by atoms with E-state index in [4.69, 9.17) is 0 Å². The fraction of sp³-hybridized carbons (Fsp3) is 0.500. The Morgan fingerprint density at radius 3 is 2.31 bits per heavy atom. The van der Waals surface area contributed by atoms with Gasteiger partial charge >= 0.3 is 6.18 Å². The molecule has 0 spiro atoms. The standard InChI is InChI=1S/C20H27F3N6/c1-5-28-8-10-29(11-9-28)15-6-7-16(14(2)12-15)24-19-25-17(20(21,22)23)13-18(26-19)27(3)4/h6-7,12-13H,5,8-11H2,1-4H3,(H,24,25,26). The summed E-state index contributed by atoms with van der Waals surface area (Å²) in [7, 11) is 3.29. The average molecular weight is 408 g/mol. The van der Waals surface area contributed by atoms with Crippen LogP contribution in [0.2, 0.25) is 0 Å². The van der Waals surface area contributed by atoms with Crippen LogP contribution in [0, 0.1) is 6.92 Å². The largest absolute Gasteiger partial charge is 0.433 e. The SMILES string of the molecule is CCN1CCN(c2ccc(Nc3nc(N(C)C)cc(C(F)(F)F)n3)c(C)c2)CC1. The van der Waals surface area contributed by atoms with E-state index in [0.717, 1.165) is 50.0 Å². The molecule has 0 saturated carbocycles. The first-order valence-electron chi connectivity index (χ1n) is 9.66. The van der Waals surface area contributed by atoms with Gasteiger partial charge < -0.3 is 20.0 Å². The molecule has 158 valence electrons. The summed E-state index contributed by atoms with van der Waals surface area (Å²) in [4.78, 5) is 14.1. The van der Waals surface area contributed by atoms with Crippen LogP contribution in [-0.2, 0) is 6.18 Å². The molecule has 1 aliphatic rings. The van der Waals surface area contributed by atoms with E-state index < -0.39 is 11.9 Å². The zero-order chi connectivity index (χ0) is 21.2. The lowest BCUT2D eigenvalue weighted by Gasteiger charge is -2.35. The number of likely N-dealkylation sites (N-methyl/N-ethyl adjacent to an activating group) is 1. The molecule has 29 heavy (non-hydrogen) atoms. The van der Waals surface area contributed by atoms with Gasteiger partial charge in [0.2, 0.25) is 5.95 Å². The third-order valence-electron chi connectivity index (χ3n) is 5.10. The first-order valence-corrected chi connectivity index (χ1v) is 9.66. The third-order valence-corrected chi connectivity index (χ3v) is 5.10. The van der Waals surface area contributed by atoms with Crippen molar-refractivity contribution >= 4 is 23.1 Å². The summed E-state index contributed by atoms with van der Waals surface area (Å²) in [6, 6.07) is 6.84. The van der Waals surface area contributed by atoms with Crippen molar-refractivity contribution in [3.05, 3.63) is 35.5 Å². The van der Waals surface area contributed by atoms with Crippen molar-refractivity contribution in [2.24, 2.45) is 0 Å². The minimum atomic E-state index is -4.54. The smallest absolute Gasteiger partial charge is 0.369 e. The number of benzene rings is 1. The van der Waals surface area contributed by atoms with Crippen molar-refractivity contribution < 1.29 is 13.2 Å². The molecule has 0 bridgehead atoms. The molecule has 9 heteroatoms. The van der Waals surface area contributed by atoms with E-state index in [-0.39, 0.29) is 11.8 Å². The summed E-state index contributed by atoms with van der Waals surface area (Å²) in [5.74, 6) is 0.119. The highest BCUT2D eigenvalue weighted by Gasteiger charge is 2.34. The van der Waals surface area contributed by atoms with Gasteiger partial charge in [-0.3, -0.25) is 0 Å². The molecule has 3 rings (SSSR count). The van der Waals surface area contributed by atoms with E-state index in [0.29, 0.717) is 5.69 Å². The quantitative estimate of drug-likeness (QED) is 0.813. The van der Waals surface area contributed by atoms with Gasteiger partial charge in [-0.25, -0.2) is 4.98 Å². The number of nitrogens with one attached hydrogen (secondary N) is 1. The Labute approximate surface area is 169 Å². The topological polar surface area (TPSA) is 47.5 Å². The van der Waals surface area contributed by atoms with Gasteiger partial charge in [-0.1, -0.05) is 6.92 Å². The van der Waals surface area contributed by atoms with Gasteiger partial charge in [0.1, 0.15) is 5.82 Å². The number of aromatic nitrogens is 2. The lowest BCUT2D eigenvalue weighted by atomic mass is 10.1. The van der Waals surface area contributed by atoms with Gasteiger partial charge in [0.05, 0.1) is 0 Å². The molecule has 1 saturated heterocycles. The summed E-state index contributed by atoms with van der Waals surface area (Å²) in [6.45, 7) is 9.13. The van der Waals surface area contributed by atoms with Crippen molar-refractivity contribution in [1.82, 2.24) is 14.9 Å². The summed E-state index contributed by atoms with van der Waals surface area (Å²) in [6.07, 6.45) is -4.54. The van der Waals surface area contributed by atoms with Crippen molar-refractivity contribution in [2.45, 2.75) is 20.0 Å². The minimum absolute atomic E-state index is 0.0732. The second-order valence-electron chi connectivity index (χ2n) is 7.37. The number of rotatable bonds is 5. The number of halogens is 3. The first kappa shape index (κ1) is 21.2. The van der Waals surface area contributed by atoms with E-state index in [1.807, 2.05) is 25.1 Å². The van der Waals surface area contributed by atoms with Gasteiger partial charge in [0.25, 0.3) is 0 Å². The van der Waals surface area contributed by atoms with E-state index in [1.165, 1.54) is 4.90 Å². The molecule has 0 unspecified atom stereocenters. The molecule has 1 aromatic heterocycles. The Hall–Kier alpha value is -2.55. The highest BCUT2D eigenvalue weighted by molar-refractivity contribution is 5.65. The van der Waals surface area contributed by atoms with Crippen molar-refractivity contribution in [1.29, 1.82) is 0 Å². The molecule has 0 amide bonds. The van der Waals surface area contributed by atoms with Gasteiger partial charge in [0, 0.05) is 57.7 Å². The van der Waals surface area contributed by atoms with Gasteiger partial charge in [-0.2, -0.15) is 18.2 Å². The molecule has 1 fully saturated rings. The van der Waals surface area contributed by atoms with Crippen LogP contribution in [0.3, 0.4) is 0 Å². The van der Waals surface area contributed by atoms with Crippen LogP contribution in [0.5, 0.6) is 0 Å². The molecule has 1 aromatic carbocycles. The first-order chi connectivity index (χ1) is 13.7. The highest BCUT2D eigenvalue weighted by Crippen LogP contribution is 2.31. The number of anilines is 4. The molecule has 0 radical (unpaired) electrons. The van der Waals surface area contributed by atoms with Crippen molar-refractivity contribution in [3.63, 3.8) is 0 Å². The number of hydrogen-bond donors (Lipinski definition) is 1. The average Bonchev–Trinajstić information content (AvgIpc) is 2.68. The maximum Gasteiger partial charge on any atom is 0.433 e. The zero-order valence-corrected chi connectivity index (χ0v) is 17.2. The Balaban J connectivity index is 1.81. The van der Waals surface area contributed by atoms with Crippen molar-refractivity contribution in [3.8, 4) is 0 Å². The molecular weight excluding hydrogens is 381 g/mol.